The molecule has 14 heavy (non-hydrogen) atoms. The van der Waals surface area contributed by atoms with E-state index in [4.69, 9.17) is 0 Å². The smallest absolute Gasteiger partial charge is 0.346 e. The molecule has 78 valence electrons. The number of hydrogen-bond donors (Lipinski definition) is 1. The standard InChI is InChI=1S/C7H8F3N3O/c1-13(4-7(8,9)10)5-6(14)12-3-2-11-5/h2-3H,4H2,1H3,(H,12,14). The van der Waals surface area contributed by atoms with E-state index in [0.29, 0.717) is 0 Å². The van der Waals surface area contributed by atoms with Crippen LogP contribution < -0.4 is 10.5 Å². The Morgan fingerprint density at radius 2 is 2.21 bits per heavy atom. The molecule has 1 N–H and O–H groups in total. The molecule has 0 unspecified atom stereocenters. The van der Waals surface area contributed by atoms with Crippen molar-refractivity contribution < 1.29 is 13.2 Å². The number of aromatic nitrogens is 2. The van der Waals surface area contributed by atoms with Crippen molar-refractivity contribution in [3.63, 3.8) is 0 Å². The SMILES string of the molecule is CN(CC(F)(F)F)c1ncc[nH]c1=O. The maximum absolute atomic E-state index is 11.9. The summed E-state index contributed by atoms with van der Waals surface area (Å²) in [5.41, 5.74) is -0.640. The van der Waals surface area contributed by atoms with E-state index in [-0.39, 0.29) is 5.82 Å². The Kier molecular flexibility index (Phi) is 2.78. The molecule has 4 nitrogen and oxygen atoms in total. The minimum atomic E-state index is -4.35. The Hall–Kier alpha value is -1.53. The molecule has 0 saturated carbocycles. The number of halogens is 3. The highest BCUT2D eigenvalue weighted by Crippen LogP contribution is 2.16. The van der Waals surface area contributed by atoms with E-state index in [1.807, 2.05) is 0 Å². The van der Waals surface area contributed by atoms with Crippen LogP contribution in [0.25, 0.3) is 0 Å². The van der Waals surface area contributed by atoms with Gasteiger partial charge in [0, 0.05) is 19.4 Å². The normalized spacial score (nSPS) is 11.4. The molecule has 0 aliphatic heterocycles. The van der Waals surface area contributed by atoms with Crippen molar-refractivity contribution in [3.8, 4) is 0 Å². The molecule has 0 bridgehead atoms. The third kappa shape index (κ3) is 2.75. The van der Waals surface area contributed by atoms with Gasteiger partial charge in [0.15, 0.2) is 5.82 Å². The Morgan fingerprint density at radius 1 is 1.57 bits per heavy atom. The molecule has 1 aromatic heterocycles. The van der Waals surface area contributed by atoms with Gasteiger partial charge in [0.05, 0.1) is 0 Å². The number of nitrogens with zero attached hydrogens (tertiary/aromatic N) is 2. The van der Waals surface area contributed by atoms with Crippen molar-refractivity contribution in [2.75, 3.05) is 18.5 Å². The van der Waals surface area contributed by atoms with Gasteiger partial charge in [-0.1, -0.05) is 0 Å². The zero-order valence-electron chi connectivity index (χ0n) is 7.30. The summed E-state index contributed by atoms with van der Waals surface area (Å²) in [5, 5.41) is 0. The van der Waals surface area contributed by atoms with Gasteiger partial charge < -0.3 is 9.88 Å². The lowest BCUT2D eigenvalue weighted by Crippen LogP contribution is -2.34. The van der Waals surface area contributed by atoms with Gasteiger partial charge in [-0.2, -0.15) is 13.2 Å². The van der Waals surface area contributed by atoms with Gasteiger partial charge in [-0.25, -0.2) is 4.98 Å². The molecule has 0 spiro atoms. The van der Waals surface area contributed by atoms with Crippen LogP contribution in [0.4, 0.5) is 19.0 Å². The minimum absolute atomic E-state index is 0.246. The number of alkyl halides is 3. The van der Waals surface area contributed by atoms with Crippen LogP contribution in [0.15, 0.2) is 17.2 Å². The molecule has 1 heterocycles. The highest BCUT2D eigenvalue weighted by molar-refractivity contribution is 5.33. The fourth-order valence-electron chi connectivity index (χ4n) is 0.960. The van der Waals surface area contributed by atoms with Gasteiger partial charge in [-0.15, -0.1) is 0 Å². The lowest BCUT2D eigenvalue weighted by atomic mass is 10.5. The molecule has 0 amide bonds. The molecule has 1 aromatic rings. The monoisotopic (exact) mass is 207 g/mol. The van der Waals surface area contributed by atoms with E-state index in [2.05, 4.69) is 9.97 Å². The Labute approximate surface area is 77.4 Å². The van der Waals surface area contributed by atoms with E-state index in [9.17, 15) is 18.0 Å². The molecular formula is C7H8F3N3O. The molecule has 1 rings (SSSR count). The predicted molar refractivity (Wildman–Crippen MR) is 44.2 cm³/mol. The number of hydrogen-bond acceptors (Lipinski definition) is 3. The topological polar surface area (TPSA) is 49.0 Å². The van der Waals surface area contributed by atoms with Crippen LogP contribution in [0.1, 0.15) is 0 Å². The molecule has 0 aliphatic rings. The third-order valence-electron chi connectivity index (χ3n) is 1.47. The number of aromatic amines is 1. The van der Waals surface area contributed by atoms with Crippen LogP contribution in [0.5, 0.6) is 0 Å². The van der Waals surface area contributed by atoms with E-state index >= 15 is 0 Å². The van der Waals surface area contributed by atoms with E-state index in [1.54, 1.807) is 0 Å². The number of anilines is 1. The summed E-state index contributed by atoms with van der Waals surface area (Å²) in [6, 6.07) is 0. The number of H-pyrrole nitrogens is 1. The van der Waals surface area contributed by atoms with Crippen LogP contribution in [-0.2, 0) is 0 Å². The minimum Gasteiger partial charge on any atom is -0.346 e. The van der Waals surface area contributed by atoms with Crippen molar-refractivity contribution in [3.05, 3.63) is 22.7 Å². The zero-order valence-corrected chi connectivity index (χ0v) is 7.30. The molecule has 0 aromatic carbocycles. The zero-order chi connectivity index (χ0) is 10.8. The van der Waals surface area contributed by atoms with Gasteiger partial charge in [-0.05, 0) is 0 Å². The fraction of sp³-hybridized carbons (Fsp3) is 0.429. The van der Waals surface area contributed by atoms with Crippen molar-refractivity contribution in [1.82, 2.24) is 9.97 Å². The van der Waals surface area contributed by atoms with Crippen molar-refractivity contribution in [2.45, 2.75) is 6.18 Å². The molecule has 7 heteroatoms. The second-order valence-electron chi connectivity index (χ2n) is 2.71. The lowest BCUT2D eigenvalue weighted by Gasteiger charge is -2.18. The van der Waals surface area contributed by atoms with E-state index in [0.717, 1.165) is 11.9 Å². The quantitative estimate of drug-likeness (QED) is 0.779. The second kappa shape index (κ2) is 3.69. The average Bonchev–Trinajstić information content (AvgIpc) is 2.01. The van der Waals surface area contributed by atoms with Gasteiger partial charge in [0.1, 0.15) is 6.54 Å². The fourth-order valence-corrected chi connectivity index (χ4v) is 0.960. The first-order valence-electron chi connectivity index (χ1n) is 3.72. The summed E-state index contributed by atoms with van der Waals surface area (Å²) in [6.45, 7) is -1.20. The molecule has 0 atom stereocenters. The second-order valence-corrected chi connectivity index (χ2v) is 2.71. The van der Waals surface area contributed by atoms with Crippen LogP contribution in [-0.4, -0.2) is 29.7 Å². The first kappa shape index (κ1) is 10.6. The van der Waals surface area contributed by atoms with Gasteiger partial charge in [0.25, 0.3) is 5.56 Å². The van der Waals surface area contributed by atoms with Gasteiger partial charge >= 0.3 is 6.18 Å². The maximum atomic E-state index is 11.9. The molecule has 0 radical (unpaired) electrons. The third-order valence-corrected chi connectivity index (χ3v) is 1.47. The first-order valence-corrected chi connectivity index (χ1v) is 3.72. The molecule has 0 saturated heterocycles. The average molecular weight is 207 g/mol. The summed E-state index contributed by atoms with van der Waals surface area (Å²) in [7, 11) is 1.16. The van der Waals surface area contributed by atoms with Crippen molar-refractivity contribution >= 4 is 5.82 Å². The first-order chi connectivity index (χ1) is 6.40. The highest BCUT2D eigenvalue weighted by Gasteiger charge is 2.30. The van der Waals surface area contributed by atoms with Gasteiger partial charge in [-0.3, -0.25) is 4.79 Å². The summed E-state index contributed by atoms with van der Waals surface area (Å²) in [5.74, 6) is -0.246. The summed E-state index contributed by atoms with van der Waals surface area (Å²) < 4.78 is 35.8. The van der Waals surface area contributed by atoms with Crippen LogP contribution >= 0.6 is 0 Å². The predicted octanol–water partition coefficient (Wildman–Crippen LogP) is 0.768. The number of rotatable bonds is 2. The highest BCUT2D eigenvalue weighted by atomic mass is 19.4. The molecular weight excluding hydrogens is 199 g/mol. The maximum Gasteiger partial charge on any atom is 0.405 e. The van der Waals surface area contributed by atoms with E-state index in [1.165, 1.54) is 12.4 Å². The number of nitrogens with one attached hydrogen (secondary N) is 1. The van der Waals surface area contributed by atoms with Crippen LogP contribution in [0.3, 0.4) is 0 Å². The lowest BCUT2D eigenvalue weighted by molar-refractivity contribution is -0.119. The van der Waals surface area contributed by atoms with Crippen molar-refractivity contribution in [1.29, 1.82) is 0 Å². The van der Waals surface area contributed by atoms with E-state index < -0.39 is 18.3 Å². The Balaban J connectivity index is 2.85. The Morgan fingerprint density at radius 3 is 2.71 bits per heavy atom. The summed E-state index contributed by atoms with van der Waals surface area (Å²) in [6.07, 6.45) is -1.87. The summed E-state index contributed by atoms with van der Waals surface area (Å²) in [4.78, 5) is 17.6. The van der Waals surface area contributed by atoms with Crippen molar-refractivity contribution in [2.24, 2.45) is 0 Å². The van der Waals surface area contributed by atoms with Gasteiger partial charge in [0.2, 0.25) is 0 Å². The largest absolute Gasteiger partial charge is 0.405 e. The van der Waals surface area contributed by atoms with Crippen LogP contribution in [0, 0.1) is 0 Å². The molecule has 0 fully saturated rings. The summed E-state index contributed by atoms with van der Waals surface area (Å²) >= 11 is 0. The molecule has 0 aliphatic carbocycles. The Bertz CT molecular complexity index is 360. The van der Waals surface area contributed by atoms with Crippen LogP contribution in [0.2, 0.25) is 0 Å².